The topological polar surface area (TPSA) is 94.0 Å². The Labute approximate surface area is 123 Å². The third kappa shape index (κ3) is 3.21. The monoisotopic (exact) mass is 288 g/mol. The molecule has 0 bridgehead atoms. The predicted octanol–water partition coefficient (Wildman–Crippen LogP) is 2.32. The molecule has 1 atom stereocenters. The molecule has 0 saturated carbocycles. The van der Waals surface area contributed by atoms with E-state index in [-0.39, 0.29) is 11.9 Å². The number of nitrogens with zero attached hydrogens (tertiary/aromatic N) is 2. The maximum atomic E-state index is 12.3. The average Bonchev–Trinajstić information content (AvgIpc) is 2.77. The number of anilines is 1. The number of carbonyl (C=O) groups excluding carboxylic acids is 1. The van der Waals surface area contributed by atoms with Crippen molar-refractivity contribution in [1.29, 1.82) is 0 Å². The van der Waals surface area contributed by atoms with Gasteiger partial charge in [0.1, 0.15) is 11.6 Å². The molecule has 0 aromatic carbocycles. The molecule has 0 aliphatic rings. The van der Waals surface area contributed by atoms with E-state index in [2.05, 4.69) is 15.5 Å². The van der Waals surface area contributed by atoms with Crippen molar-refractivity contribution in [3.05, 3.63) is 40.4 Å². The van der Waals surface area contributed by atoms with E-state index in [9.17, 15) is 4.79 Å². The molecule has 1 amide bonds. The molecule has 0 aliphatic heterocycles. The van der Waals surface area contributed by atoms with Gasteiger partial charge in [-0.05, 0) is 39.3 Å². The molecule has 0 aliphatic carbocycles. The van der Waals surface area contributed by atoms with E-state index in [4.69, 9.17) is 10.3 Å². The fourth-order valence-corrected chi connectivity index (χ4v) is 2.38. The fourth-order valence-electron chi connectivity index (χ4n) is 2.38. The van der Waals surface area contributed by atoms with Crippen LogP contribution in [0.1, 0.15) is 53.0 Å². The van der Waals surface area contributed by atoms with E-state index in [1.807, 2.05) is 27.7 Å². The van der Waals surface area contributed by atoms with Crippen molar-refractivity contribution in [3.63, 3.8) is 0 Å². The van der Waals surface area contributed by atoms with Crippen LogP contribution in [0, 0.1) is 13.8 Å². The Bertz CT molecular complexity index is 644. The molecule has 6 nitrogen and oxygen atoms in total. The summed E-state index contributed by atoms with van der Waals surface area (Å²) in [6, 6.07) is 3.14. The summed E-state index contributed by atoms with van der Waals surface area (Å²) in [5.41, 5.74) is 8.72. The van der Waals surface area contributed by atoms with Gasteiger partial charge in [-0.2, -0.15) is 0 Å². The van der Waals surface area contributed by atoms with Gasteiger partial charge >= 0.3 is 0 Å². The van der Waals surface area contributed by atoms with Crippen molar-refractivity contribution < 1.29 is 9.32 Å². The average molecular weight is 288 g/mol. The minimum absolute atomic E-state index is 0.189. The lowest BCUT2D eigenvalue weighted by Crippen LogP contribution is -2.27. The number of pyridine rings is 1. The summed E-state index contributed by atoms with van der Waals surface area (Å²) in [6.07, 6.45) is 0.727. The van der Waals surface area contributed by atoms with Crippen molar-refractivity contribution in [1.82, 2.24) is 15.5 Å². The van der Waals surface area contributed by atoms with Crippen molar-refractivity contribution in [2.45, 2.75) is 40.2 Å². The van der Waals surface area contributed by atoms with Gasteiger partial charge in [0, 0.05) is 16.8 Å². The fraction of sp³-hybridized carbons (Fsp3) is 0.400. The van der Waals surface area contributed by atoms with E-state index in [1.54, 1.807) is 12.1 Å². The molecule has 2 rings (SSSR count). The lowest BCUT2D eigenvalue weighted by molar-refractivity contribution is 0.0939. The molecule has 0 saturated heterocycles. The molecule has 6 heteroatoms. The maximum Gasteiger partial charge on any atom is 0.251 e. The Balaban J connectivity index is 2.20. The number of nitrogens with one attached hydrogen (secondary N) is 1. The molecular weight excluding hydrogens is 268 g/mol. The highest BCUT2D eigenvalue weighted by molar-refractivity contribution is 5.95. The quantitative estimate of drug-likeness (QED) is 0.900. The Morgan fingerprint density at radius 1 is 1.43 bits per heavy atom. The van der Waals surface area contributed by atoms with E-state index in [0.717, 1.165) is 23.4 Å². The standard InChI is InChI=1S/C15H20N4O2/c1-5-12-6-11(7-13(16)18-12)15(20)17-8(2)14-9(3)19-21-10(14)4/h6-8H,5H2,1-4H3,(H2,16,18)(H,17,20). The lowest BCUT2D eigenvalue weighted by Gasteiger charge is -2.14. The molecule has 0 spiro atoms. The van der Waals surface area contributed by atoms with Gasteiger partial charge in [0.25, 0.3) is 5.91 Å². The molecule has 0 fully saturated rings. The third-order valence-electron chi connectivity index (χ3n) is 3.39. The molecule has 2 heterocycles. The third-order valence-corrected chi connectivity index (χ3v) is 3.39. The van der Waals surface area contributed by atoms with Crippen LogP contribution in [0.5, 0.6) is 0 Å². The van der Waals surface area contributed by atoms with Crippen LogP contribution in [0.2, 0.25) is 0 Å². The molecule has 2 aromatic heterocycles. The summed E-state index contributed by atoms with van der Waals surface area (Å²) >= 11 is 0. The zero-order chi connectivity index (χ0) is 15.6. The Morgan fingerprint density at radius 2 is 2.14 bits per heavy atom. The van der Waals surface area contributed by atoms with E-state index in [1.165, 1.54) is 0 Å². The van der Waals surface area contributed by atoms with Crippen molar-refractivity contribution in [2.24, 2.45) is 0 Å². The molecule has 3 N–H and O–H groups in total. The van der Waals surface area contributed by atoms with Gasteiger partial charge in [-0.25, -0.2) is 4.98 Å². The summed E-state index contributed by atoms with van der Waals surface area (Å²) in [5, 5.41) is 6.84. The minimum atomic E-state index is -0.191. The number of hydrogen-bond donors (Lipinski definition) is 2. The Morgan fingerprint density at radius 3 is 2.71 bits per heavy atom. The van der Waals surface area contributed by atoms with Crippen LogP contribution in [0.3, 0.4) is 0 Å². The number of aromatic nitrogens is 2. The normalized spacial score (nSPS) is 12.2. The summed E-state index contributed by atoms with van der Waals surface area (Å²) in [7, 11) is 0. The van der Waals surface area contributed by atoms with Gasteiger partial charge < -0.3 is 15.6 Å². The number of nitrogen functional groups attached to an aromatic ring is 1. The molecule has 2 aromatic rings. The van der Waals surface area contributed by atoms with Crippen LogP contribution >= 0.6 is 0 Å². The van der Waals surface area contributed by atoms with Crippen LogP contribution in [0.25, 0.3) is 0 Å². The number of carbonyl (C=O) groups is 1. The first-order valence-electron chi connectivity index (χ1n) is 6.92. The number of nitrogens with two attached hydrogens (primary N) is 1. The highest BCUT2D eigenvalue weighted by Gasteiger charge is 2.19. The first-order valence-corrected chi connectivity index (χ1v) is 6.92. The van der Waals surface area contributed by atoms with Gasteiger partial charge in [0.05, 0.1) is 11.7 Å². The summed E-state index contributed by atoms with van der Waals surface area (Å²) in [4.78, 5) is 16.5. The van der Waals surface area contributed by atoms with Crippen LogP contribution in [0.4, 0.5) is 5.82 Å². The van der Waals surface area contributed by atoms with Gasteiger partial charge in [0.15, 0.2) is 0 Å². The summed E-state index contributed by atoms with van der Waals surface area (Å²) in [5.74, 6) is 0.875. The molecule has 112 valence electrons. The van der Waals surface area contributed by atoms with Crippen LogP contribution in [-0.4, -0.2) is 16.0 Å². The molecule has 21 heavy (non-hydrogen) atoms. The van der Waals surface area contributed by atoms with Gasteiger partial charge in [-0.3, -0.25) is 4.79 Å². The van der Waals surface area contributed by atoms with Crippen molar-refractivity contribution >= 4 is 11.7 Å². The number of aryl methyl sites for hydroxylation is 3. The number of amides is 1. The van der Waals surface area contributed by atoms with Crippen molar-refractivity contribution in [3.8, 4) is 0 Å². The zero-order valence-corrected chi connectivity index (χ0v) is 12.7. The molecule has 0 radical (unpaired) electrons. The molecule has 1 unspecified atom stereocenters. The van der Waals surface area contributed by atoms with Crippen LogP contribution in [-0.2, 0) is 6.42 Å². The lowest BCUT2D eigenvalue weighted by atomic mass is 10.1. The van der Waals surface area contributed by atoms with Gasteiger partial charge in [0.2, 0.25) is 0 Å². The second-order valence-electron chi connectivity index (χ2n) is 5.06. The second-order valence-corrected chi connectivity index (χ2v) is 5.06. The van der Waals surface area contributed by atoms with Crippen LogP contribution < -0.4 is 11.1 Å². The zero-order valence-electron chi connectivity index (χ0n) is 12.7. The summed E-state index contributed by atoms with van der Waals surface area (Å²) < 4.78 is 5.13. The van der Waals surface area contributed by atoms with Crippen LogP contribution in [0.15, 0.2) is 16.7 Å². The maximum absolute atomic E-state index is 12.3. The number of rotatable bonds is 4. The smallest absolute Gasteiger partial charge is 0.251 e. The van der Waals surface area contributed by atoms with Gasteiger partial charge in [-0.1, -0.05) is 12.1 Å². The Hall–Kier alpha value is -2.37. The number of hydrogen-bond acceptors (Lipinski definition) is 5. The predicted molar refractivity (Wildman–Crippen MR) is 79.9 cm³/mol. The van der Waals surface area contributed by atoms with E-state index in [0.29, 0.717) is 17.1 Å². The first-order chi connectivity index (χ1) is 9.92. The SMILES string of the molecule is CCc1cc(C(=O)NC(C)c2c(C)noc2C)cc(N)n1. The second kappa shape index (κ2) is 5.95. The Kier molecular flexibility index (Phi) is 4.26. The van der Waals surface area contributed by atoms with E-state index >= 15 is 0 Å². The largest absolute Gasteiger partial charge is 0.384 e. The van der Waals surface area contributed by atoms with Gasteiger partial charge in [-0.15, -0.1) is 0 Å². The first kappa shape index (κ1) is 15.0. The molecular formula is C15H20N4O2. The van der Waals surface area contributed by atoms with E-state index < -0.39 is 0 Å². The highest BCUT2D eigenvalue weighted by atomic mass is 16.5. The summed E-state index contributed by atoms with van der Waals surface area (Å²) in [6.45, 7) is 7.55. The minimum Gasteiger partial charge on any atom is -0.384 e. The van der Waals surface area contributed by atoms with Crippen molar-refractivity contribution in [2.75, 3.05) is 5.73 Å². The highest BCUT2D eigenvalue weighted by Crippen LogP contribution is 2.21.